The van der Waals surface area contributed by atoms with Crippen LogP contribution in [0.5, 0.6) is 0 Å². The SMILES string of the molecule is CC(C)C1=CC2CCCC2C=C1. The first kappa shape index (κ1) is 8.10. The van der Waals surface area contributed by atoms with Crippen LogP contribution in [0.3, 0.4) is 0 Å². The zero-order chi connectivity index (χ0) is 8.55. The topological polar surface area (TPSA) is 0 Å². The molecule has 0 aromatic rings. The summed E-state index contributed by atoms with van der Waals surface area (Å²) in [7, 11) is 0. The highest BCUT2D eigenvalue weighted by Gasteiger charge is 2.26. The van der Waals surface area contributed by atoms with Crippen LogP contribution in [-0.2, 0) is 0 Å². The average Bonchev–Trinajstić information content (AvgIpc) is 2.49. The second-order valence-electron chi connectivity index (χ2n) is 4.44. The van der Waals surface area contributed by atoms with Gasteiger partial charge >= 0.3 is 0 Å². The molecule has 0 saturated heterocycles. The van der Waals surface area contributed by atoms with Crippen molar-refractivity contribution in [2.75, 3.05) is 0 Å². The van der Waals surface area contributed by atoms with Crippen molar-refractivity contribution in [3.63, 3.8) is 0 Å². The van der Waals surface area contributed by atoms with E-state index in [4.69, 9.17) is 0 Å². The van der Waals surface area contributed by atoms with Crippen LogP contribution in [0, 0.1) is 17.8 Å². The summed E-state index contributed by atoms with van der Waals surface area (Å²) in [5.74, 6) is 2.47. The monoisotopic (exact) mass is 162 g/mol. The van der Waals surface area contributed by atoms with E-state index >= 15 is 0 Å². The fourth-order valence-electron chi connectivity index (χ4n) is 2.39. The van der Waals surface area contributed by atoms with Gasteiger partial charge in [0, 0.05) is 0 Å². The van der Waals surface area contributed by atoms with Crippen molar-refractivity contribution in [3.8, 4) is 0 Å². The molecule has 0 heterocycles. The summed E-state index contributed by atoms with van der Waals surface area (Å²) in [4.78, 5) is 0. The fourth-order valence-corrected chi connectivity index (χ4v) is 2.39. The molecule has 2 atom stereocenters. The van der Waals surface area contributed by atoms with Crippen LogP contribution in [0.1, 0.15) is 33.1 Å². The molecule has 12 heavy (non-hydrogen) atoms. The molecule has 2 rings (SSSR count). The van der Waals surface area contributed by atoms with Gasteiger partial charge in [-0.05, 0) is 36.2 Å². The lowest BCUT2D eigenvalue weighted by molar-refractivity contribution is 0.539. The molecule has 1 saturated carbocycles. The number of allylic oxidation sites excluding steroid dienone is 4. The largest absolute Gasteiger partial charge is 0.0806 e. The maximum Gasteiger partial charge on any atom is -0.0164 e. The molecule has 0 nitrogen and oxygen atoms in total. The second-order valence-corrected chi connectivity index (χ2v) is 4.44. The Bertz CT molecular complexity index is 220. The summed E-state index contributed by atoms with van der Waals surface area (Å²) in [5, 5.41) is 0. The molecular weight excluding hydrogens is 144 g/mol. The Morgan fingerprint density at radius 3 is 2.75 bits per heavy atom. The highest BCUT2D eigenvalue weighted by Crippen LogP contribution is 2.38. The molecular formula is C12H18. The van der Waals surface area contributed by atoms with E-state index in [0.29, 0.717) is 5.92 Å². The third kappa shape index (κ3) is 1.35. The van der Waals surface area contributed by atoms with Crippen molar-refractivity contribution in [1.29, 1.82) is 0 Å². The summed E-state index contributed by atoms with van der Waals surface area (Å²) in [6.07, 6.45) is 11.6. The number of fused-ring (bicyclic) bond motifs is 1. The van der Waals surface area contributed by atoms with Crippen molar-refractivity contribution in [2.24, 2.45) is 17.8 Å². The first-order chi connectivity index (χ1) is 5.77. The Hall–Kier alpha value is -0.520. The molecule has 0 aromatic heterocycles. The van der Waals surface area contributed by atoms with Gasteiger partial charge in [0.25, 0.3) is 0 Å². The van der Waals surface area contributed by atoms with Crippen LogP contribution < -0.4 is 0 Å². The maximum atomic E-state index is 2.52. The summed E-state index contributed by atoms with van der Waals surface area (Å²) in [6, 6.07) is 0. The molecule has 2 aliphatic carbocycles. The van der Waals surface area contributed by atoms with E-state index in [1.54, 1.807) is 5.57 Å². The molecule has 2 aliphatic rings. The molecule has 0 aliphatic heterocycles. The van der Waals surface area contributed by atoms with Gasteiger partial charge in [-0.25, -0.2) is 0 Å². The minimum atomic E-state index is 0.711. The highest BCUT2D eigenvalue weighted by molar-refractivity contribution is 5.27. The zero-order valence-corrected chi connectivity index (χ0v) is 8.09. The molecule has 0 N–H and O–H groups in total. The summed E-state index contributed by atoms with van der Waals surface area (Å²) < 4.78 is 0. The second kappa shape index (κ2) is 3.08. The van der Waals surface area contributed by atoms with Crippen molar-refractivity contribution >= 4 is 0 Å². The van der Waals surface area contributed by atoms with E-state index in [-0.39, 0.29) is 0 Å². The van der Waals surface area contributed by atoms with E-state index in [0.717, 1.165) is 11.8 Å². The molecule has 0 radical (unpaired) electrons. The van der Waals surface area contributed by atoms with Gasteiger partial charge in [0.1, 0.15) is 0 Å². The predicted molar refractivity (Wildman–Crippen MR) is 52.9 cm³/mol. The lowest BCUT2D eigenvalue weighted by Crippen LogP contribution is -2.08. The minimum absolute atomic E-state index is 0.711. The van der Waals surface area contributed by atoms with E-state index in [9.17, 15) is 0 Å². The van der Waals surface area contributed by atoms with Gasteiger partial charge in [0.15, 0.2) is 0 Å². The predicted octanol–water partition coefficient (Wildman–Crippen LogP) is 3.55. The van der Waals surface area contributed by atoms with Gasteiger partial charge < -0.3 is 0 Å². The van der Waals surface area contributed by atoms with Gasteiger partial charge in [0.05, 0.1) is 0 Å². The van der Waals surface area contributed by atoms with Crippen molar-refractivity contribution in [1.82, 2.24) is 0 Å². The van der Waals surface area contributed by atoms with Gasteiger partial charge in [0.2, 0.25) is 0 Å². The molecule has 2 unspecified atom stereocenters. The molecule has 0 heteroatoms. The third-order valence-corrected chi connectivity index (χ3v) is 3.23. The quantitative estimate of drug-likeness (QED) is 0.553. The van der Waals surface area contributed by atoms with Gasteiger partial charge in [-0.1, -0.05) is 38.5 Å². The number of rotatable bonds is 1. The molecule has 1 fully saturated rings. The van der Waals surface area contributed by atoms with E-state index in [1.807, 2.05) is 0 Å². The molecule has 0 amide bonds. The van der Waals surface area contributed by atoms with Crippen LogP contribution in [0.15, 0.2) is 23.8 Å². The van der Waals surface area contributed by atoms with Gasteiger partial charge in [-0.3, -0.25) is 0 Å². The van der Waals surface area contributed by atoms with Gasteiger partial charge in [-0.2, -0.15) is 0 Å². The smallest absolute Gasteiger partial charge is 0.0164 e. The van der Waals surface area contributed by atoms with Crippen LogP contribution in [0.4, 0.5) is 0 Å². The van der Waals surface area contributed by atoms with Crippen molar-refractivity contribution in [3.05, 3.63) is 23.8 Å². The first-order valence-electron chi connectivity index (χ1n) is 5.17. The lowest BCUT2D eigenvalue weighted by Gasteiger charge is -2.20. The minimum Gasteiger partial charge on any atom is -0.0806 e. The maximum absolute atomic E-state index is 2.52. The standard InChI is InChI=1S/C12H18/c1-9(2)11-7-6-10-4-3-5-12(10)8-11/h6-10,12H,3-5H2,1-2H3. The Labute approximate surface area is 75.4 Å². The van der Waals surface area contributed by atoms with Crippen molar-refractivity contribution in [2.45, 2.75) is 33.1 Å². The Morgan fingerprint density at radius 1 is 1.25 bits per heavy atom. The molecule has 66 valence electrons. The molecule has 0 bridgehead atoms. The number of hydrogen-bond acceptors (Lipinski definition) is 0. The Morgan fingerprint density at radius 2 is 2.00 bits per heavy atom. The number of hydrogen-bond donors (Lipinski definition) is 0. The molecule has 0 spiro atoms. The Kier molecular flexibility index (Phi) is 2.08. The van der Waals surface area contributed by atoms with Crippen molar-refractivity contribution < 1.29 is 0 Å². The summed E-state index contributed by atoms with van der Waals surface area (Å²) >= 11 is 0. The van der Waals surface area contributed by atoms with Crippen LogP contribution in [0.25, 0.3) is 0 Å². The zero-order valence-electron chi connectivity index (χ0n) is 8.09. The average molecular weight is 162 g/mol. The lowest BCUT2D eigenvalue weighted by atomic mass is 9.85. The first-order valence-corrected chi connectivity index (χ1v) is 5.17. The highest BCUT2D eigenvalue weighted by atomic mass is 14.3. The van der Waals surface area contributed by atoms with E-state index in [1.165, 1.54) is 19.3 Å². The molecule has 0 aromatic carbocycles. The van der Waals surface area contributed by atoms with Crippen LogP contribution in [-0.4, -0.2) is 0 Å². The summed E-state index contributed by atoms with van der Waals surface area (Å²) in [6.45, 7) is 4.57. The fraction of sp³-hybridized carbons (Fsp3) is 0.667. The normalized spacial score (nSPS) is 33.8. The van der Waals surface area contributed by atoms with Crippen LogP contribution >= 0.6 is 0 Å². The van der Waals surface area contributed by atoms with Gasteiger partial charge in [-0.15, -0.1) is 0 Å². The third-order valence-electron chi connectivity index (χ3n) is 3.23. The Balaban J connectivity index is 2.15. The van der Waals surface area contributed by atoms with Crippen LogP contribution in [0.2, 0.25) is 0 Å². The van der Waals surface area contributed by atoms with E-state index < -0.39 is 0 Å². The summed E-state index contributed by atoms with van der Waals surface area (Å²) in [5.41, 5.74) is 1.55. The van der Waals surface area contributed by atoms with E-state index in [2.05, 4.69) is 32.1 Å².